The molecule has 0 aromatic heterocycles. The van der Waals surface area contributed by atoms with Crippen LogP contribution >= 0.6 is 0 Å². The zero-order valence-corrected chi connectivity index (χ0v) is 11.4. The SMILES string of the molecule is COCCCC(NN)c1ccc2c(c1)OCCCO2. The van der Waals surface area contributed by atoms with Crippen molar-refractivity contribution in [3.63, 3.8) is 0 Å². The molecule has 0 bridgehead atoms. The van der Waals surface area contributed by atoms with Gasteiger partial charge in [-0.3, -0.25) is 11.3 Å². The maximum absolute atomic E-state index is 5.69. The third-order valence-electron chi connectivity index (χ3n) is 3.22. The first-order valence-electron chi connectivity index (χ1n) is 6.69. The molecule has 1 heterocycles. The quantitative estimate of drug-likeness (QED) is 0.467. The number of hydrogen-bond donors (Lipinski definition) is 2. The van der Waals surface area contributed by atoms with Gasteiger partial charge in [-0.1, -0.05) is 6.07 Å². The van der Waals surface area contributed by atoms with E-state index in [-0.39, 0.29) is 6.04 Å². The van der Waals surface area contributed by atoms with Gasteiger partial charge in [0.15, 0.2) is 11.5 Å². The highest BCUT2D eigenvalue weighted by atomic mass is 16.5. The third-order valence-corrected chi connectivity index (χ3v) is 3.22. The fourth-order valence-electron chi connectivity index (χ4n) is 2.17. The van der Waals surface area contributed by atoms with Crippen molar-refractivity contribution >= 4 is 0 Å². The van der Waals surface area contributed by atoms with E-state index < -0.39 is 0 Å². The molecule has 0 saturated carbocycles. The summed E-state index contributed by atoms with van der Waals surface area (Å²) in [5.74, 6) is 7.25. The average molecular weight is 266 g/mol. The molecule has 0 fully saturated rings. The number of methoxy groups -OCH3 is 1. The van der Waals surface area contributed by atoms with Gasteiger partial charge in [0, 0.05) is 26.2 Å². The van der Waals surface area contributed by atoms with Crippen molar-refractivity contribution in [1.29, 1.82) is 0 Å². The maximum Gasteiger partial charge on any atom is 0.161 e. The Morgan fingerprint density at radius 2 is 2.11 bits per heavy atom. The second-order valence-corrected chi connectivity index (χ2v) is 4.61. The Hall–Kier alpha value is -1.30. The lowest BCUT2D eigenvalue weighted by Crippen LogP contribution is -2.28. The Morgan fingerprint density at radius 1 is 1.32 bits per heavy atom. The average Bonchev–Trinajstić information content (AvgIpc) is 2.68. The van der Waals surface area contributed by atoms with Crippen LogP contribution in [0.1, 0.15) is 30.9 Å². The first-order chi connectivity index (χ1) is 9.35. The molecular formula is C14H22N2O3. The van der Waals surface area contributed by atoms with Crippen LogP contribution in [-0.4, -0.2) is 26.9 Å². The van der Waals surface area contributed by atoms with E-state index in [0.29, 0.717) is 13.2 Å². The van der Waals surface area contributed by atoms with Gasteiger partial charge in [0.25, 0.3) is 0 Å². The third kappa shape index (κ3) is 3.83. The lowest BCUT2D eigenvalue weighted by atomic mass is 10.0. The summed E-state index contributed by atoms with van der Waals surface area (Å²) in [5, 5.41) is 0. The molecule has 1 aromatic rings. The Balaban J connectivity index is 2.08. The fourth-order valence-corrected chi connectivity index (χ4v) is 2.17. The van der Waals surface area contributed by atoms with E-state index in [4.69, 9.17) is 20.1 Å². The van der Waals surface area contributed by atoms with E-state index in [0.717, 1.165) is 42.9 Å². The first-order valence-corrected chi connectivity index (χ1v) is 6.69. The zero-order valence-electron chi connectivity index (χ0n) is 11.4. The molecule has 1 atom stereocenters. The van der Waals surface area contributed by atoms with Crippen molar-refractivity contribution in [2.75, 3.05) is 26.9 Å². The number of benzene rings is 1. The number of ether oxygens (including phenoxy) is 3. The van der Waals surface area contributed by atoms with Crippen molar-refractivity contribution in [1.82, 2.24) is 5.43 Å². The highest BCUT2D eigenvalue weighted by Crippen LogP contribution is 2.33. The van der Waals surface area contributed by atoms with Crippen LogP contribution in [0, 0.1) is 0 Å². The number of hydrazine groups is 1. The van der Waals surface area contributed by atoms with Gasteiger partial charge in [-0.15, -0.1) is 0 Å². The Morgan fingerprint density at radius 3 is 2.84 bits per heavy atom. The Kier molecular flexibility index (Phi) is 5.44. The fraction of sp³-hybridized carbons (Fsp3) is 0.571. The van der Waals surface area contributed by atoms with Crippen LogP contribution in [0.3, 0.4) is 0 Å². The molecule has 0 saturated heterocycles. The normalized spacial score (nSPS) is 15.9. The molecule has 1 aliphatic heterocycles. The van der Waals surface area contributed by atoms with Gasteiger partial charge in [-0.2, -0.15) is 0 Å². The van der Waals surface area contributed by atoms with E-state index in [1.807, 2.05) is 18.2 Å². The largest absolute Gasteiger partial charge is 0.490 e. The molecule has 0 amide bonds. The van der Waals surface area contributed by atoms with Crippen LogP contribution in [0.5, 0.6) is 11.5 Å². The zero-order chi connectivity index (χ0) is 13.5. The molecule has 1 aromatic carbocycles. The summed E-state index contributed by atoms with van der Waals surface area (Å²) >= 11 is 0. The van der Waals surface area contributed by atoms with Gasteiger partial charge in [-0.25, -0.2) is 0 Å². The summed E-state index contributed by atoms with van der Waals surface area (Å²) in [6, 6.07) is 6.10. The van der Waals surface area contributed by atoms with E-state index in [2.05, 4.69) is 5.43 Å². The van der Waals surface area contributed by atoms with Crippen LogP contribution in [0.2, 0.25) is 0 Å². The van der Waals surface area contributed by atoms with Gasteiger partial charge in [0.1, 0.15) is 0 Å². The number of nitrogens with one attached hydrogen (secondary N) is 1. The molecule has 106 valence electrons. The summed E-state index contributed by atoms with van der Waals surface area (Å²) < 4.78 is 16.4. The molecular weight excluding hydrogens is 244 g/mol. The van der Waals surface area contributed by atoms with Gasteiger partial charge >= 0.3 is 0 Å². The van der Waals surface area contributed by atoms with E-state index in [9.17, 15) is 0 Å². The molecule has 2 rings (SSSR count). The lowest BCUT2D eigenvalue weighted by Gasteiger charge is -2.18. The van der Waals surface area contributed by atoms with Gasteiger partial charge in [0.2, 0.25) is 0 Å². The molecule has 1 unspecified atom stereocenters. The van der Waals surface area contributed by atoms with Crippen LogP contribution in [0.4, 0.5) is 0 Å². The number of fused-ring (bicyclic) bond motifs is 1. The summed E-state index contributed by atoms with van der Waals surface area (Å²) in [4.78, 5) is 0. The molecule has 3 N–H and O–H groups in total. The van der Waals surface area contributed by atoms with Crippen molar-refractivity contribution in [2.45, 2.75) is 25.3 Å². The molecule has 0 radical (unpaired) electrons. The maximum atomic E-state index is 5.69. The highest BCUT2D eigenvalue weighted by Gasteiger charge is 2.15. The predicted octanol–water partition coefficient (Wildman–Crippen LogP) is 1.78. The molecule has 19 heavy (non-hydrogen) atoms. The number of nitrogens with two attached hydrogens (primary N) is 1. The Labute approximate surface area is 114 Å². The predicted molar refractivity (Wildman–Crippen MR) is 73.2 cm³/mol. The summed E-state index contributed by atoms with van der Waals surface area (Å²) in [6.45, 7) is 2.14. The molecule has 0 spiro atoms. The number of hydrogen-bond acceptors (Lipinski definition) is 5. The van der Waals surface area contributed by atoms with Crippen LogP contribution in [0.25, 0.3) is 0 Å². The minimum absolute atomic E-state index is 0.104. The van der Waals surface area contributed by atoms with Gasteiger partial charge in [0.05, 0.1) is 13.2 Å². The van der Waals surface area contributed by atoms with Crippen LogP contribution in [-0.2, 0) is 4.74 Å². The summed E-state index contributed by atoms with van der Waals surface area (Å²) in [6.07, 6.45) is 2.79. The van der Waals surface area contributed by atoms with Crippen molar-refractivity contribution < 1.29 is 14.2 Å². The lowest BCUT2D eigenvalue weighted by molar-refractivity contribution is 0.189. The molecule has 5 nitrogen and oxygen atoms in total. The van der Waals surface area contributed by atoms with Crippen molar-refractivity contribution in [3.05, 3.63) is 23.8 Å². The van der Waals surface area contributed by atoms with Crippen molar-refractivity contribution in [2.24, 2.45) is 5.84 Å². The van der Waals surface area contributed by atoms with Crippen LogP contribution < -0.4 is 20.7 Å². The van der Waals surface area contributed by atoms with Crippen LogP contribution in [0.15, 0.2) is 18.2 Å². The summed E-state index contributed by atoms with van der Waals surface area (Å²) in [5.41, 5.74) is 3.96. The Bertz CT molecular complexity index is 398. The summed E-state index contributed by atoms with van der Waals surface area (Å²) in [7, 11) is 1.71. The standard InChI is InChI=1S/C14H22N2O3/c1-17-7-2-4-12(16-15)11-5-6-13-14(10-11)19-9-3-8-18-13/h5-6,10,12,16H,2-4,7-9,15H2,1H3. The van der Waals surface area contributed by atoms with E-state index >= 15 is 0 Å². The molecule has 5 heteroatoms. The minimum Gasteiger partial charge on any atom is -0.490 e. The topological polar surface area (TPSA) is 65.7 Å². The number of rotatable bonds is 6. The smallest absolute Gasteiger partial charge is 0.161 e. The molecule has 0 aliphatic carbocycles. The highest BCUT2D eigenvalue weighted by molar-refractivity contribution is 5.44. The second kappa shape index (κ2) is 7.33. The van der Waals surface area contributed by atoms with E-state index in [1.165, 1.54) is 0 Å². The van der Waals surface area contributed by atoms with E-state index in [1.54, 1.807) is 7.11 Å². The van der Waals surface area contributed by atoms with Gasteiger partial charge < -0.3 is 14.2 Å². The monoisotopic (exact) mass is 266 g/mol. The van der Waals surface area contributed by atoms with Crippen molar-refractivity contribution in [3.8, 4) is 11.5 Å². The first kappa shape index (κ1) is 14.1. The second-order valence-electron chi connectivity index (χ2n) is 4.61. The minimum atomic E-state index is 0.104. The molecule has 1 aliphatic rings. The van der Waals surface area contributed by atoms with Gasteiger partial charge in [-0.05, 0) is 30.5 Å².